The zero-order valence-electron chi connectivity index (χ0n) is 15.1. The molecule has 0 aliphatic heterocycles. The maximum Gasteiger partial charge on any atom is 0.270 e. The Kier molecular flexibility index (Phi) is 7.31. The summed E-state index contributed by atoms with van der Waals surface area (Å²) in [5.74, 6) is 6.05. The second kappa shape index (κ2) is 9.94. The van der Waals surface area contributed by atoms with E-state index in [0.29, 0.717) is 17.8 Å². The Morgan fingerprint density at radius 1 is 1.15 bits per heavy atom. The van der Waals surface area contributed by atoms with Gasteiger partial charge >= 0.3 is 0 Å². The van der Waals surface area contributed by atoms with Crippen molar-refractivity contribution in [1.82, 2.24) is 0 Å². The standard InChI is InChI=1S/C20H22N4O2/c1-3-5-6-8-11-17-16-19(24(25)26)14-15-20(17)21-22-23(4-2)18-12-9-7-10-13-18/h7,9-10,12-16H,3-6H2,1-2H3. The van der Waals surface area contributed by atoms with Crippen molar-refractivity contribution in [3.63, 3.8) is 0 Å². The van der Waals surface area contributed by atoms with E-state index >= 15 is 0 Å². The Morgan fingerprint density at radius 3 is 2.58 bits per heavy atom. The number of hydrogen-bond acceptors (Lipinski definition) is 4. The van der Waals surface area contributed by atoms with E-state index in [2.05, 4.69) is 29.1 Å². The largest absolute Gasteiger partial charge is 0.270 e. The van der Waals surface area contributed by atoms with E-state index in [1.807, 2.05) is 37.3 Å². The van der Waals surface area contributed by atoms with Gasteiger partial charge in [0.25, 0.3) is 5.69 Å². The van der Waals surface area contributed by atoms with Crippen molar-refractivity contribution in [2.75, 3.05) is 11.6 Å². The van der Waals surface area contributed by atoms with E-state index in [4.69, 9.17) is 0 Å². The topological polar surface area (TPSA) is 71.1 Å². The Bertz CT molecular complexity index is 823. The van der Waals surface area contributed by atoms with Gasteiger partial charge in [0.15, 0.2) is 0 Å². The molecule has 0 bridgehead atoms. The molecule has 26 heavy (non-hydrogen) atoms. The van der Waals surface area contributed by atoms with Crippen molar-refractivity contribution in [3.8, 4) is 11.8 Å². The van der Waals surface area contributed by atoms with E-state index in [1.54, 1.807) is 11.1 Å². The number of nitro groups is 1. The Balaban J connectivity index is 2.31. The molecule has 0 aliphatic carbocycles. The molecule has 0 spiro atoms. The fourth-order valence-electron chi connectivity index (χ4n) is 2.25. The van der Waals surface area contributed by atoms with E-state index in [0.717, 1.165) is 24.9 Å². The van der Waals surface area contributed by atoms with Gasteiger partial charge in [-0.2, -0.15) is 0 Å². The molecule has 0 saturated heterocycles. The van der Waals surface area contributed by atoms with Gasteiger partial charge in [-0.05, 0) is 31.5 Å². The van der Waals surface area contributed by atoms with Gasteiger partial charge in [0.1, 0.15) is 5.69 Å². The molecule has 2 aromatic rings. The zero-order chi connectivity index (χ0) is 18.8. The third kappa shape index (κ3) is 5.42. The van der Waals surface area contributed by atoms with Gasteiger partial charge in [-0.1, -0.05) is 48.6 Å². The van der Waals surface area contributed by atoms with Crippen LogP contribution in [0.3, 0.4) is 0 Å². The first-order valence-electron chi connectivity index (χ1n) is 8.67. The number of nitro benzene ring substituents is 1. The molecule has 0 aliphatic rings. The number of para-hydroxylation sites is 1. The van der Waals surface area contributed by atoms with Crippen LogP contribution in [0.1, 0.15) is 38.7 Å². The van der Waals surface area contributed by atoms with Gasteiger partial charge in [0, 0.05) is 25.1 Å². The number of rotatable bonds is 7. The fraction of sp³-hybridized carbons (Fsp3) is 0.300. The molecule has 2 aromatic carbocycles. The first kappa shape index (κ1) is 19.1. The molecule has 0 heterocycles. The molecule has 0 unspecified atom stereocenters. The van der Waals surface area contributed by atoms with Crippen LogP contribution in [0.2, 0.25) is 0 Å². The summed E-state index contributed by atoms with van der Waals surface area (Å²) in [4.78, 5) is 10.6. The van der Waals surface area contributed by atoms with Crippen LogP contribution in [0.15, 0.2) is 58.9 Å². The van der Waals surface area contributed by atoms with Crippen molar-refractivity contribution in [3.05, 3.63) is 64.2 Å². The van der Waals surface area contributed by atoms with Gasteiger partial charge in [-0.25, -0.2) is 5.01 Å². The number of unbranched alkanes of at least 4 members (excludes halogenated alkanes) is 2. The normalized spacial score (nSPS) is 10.4. The number of non-ortho nitro benzene ring substituents is 1. The summed E-state index contributed by atoms with van der Waals surface area (Å²) in [6, 6.07) is 14.2. The van der Waals surface area contributed by atoms with Crippen molar-refractivity contribution < 1.29 is 4.92 Å². The molecule has 134 valence electrons. The predicted octanol–water partition coefficient (Wildman–Crippen LogP) is 5.66. The van der Waals surface area contributed by atoms with E-state index in [1.165, 1.54) is 12.1 Å². The third-order valence-electron chi connectivity index (χ3n) is 3.68. The molecule has 0 N–H and O–H groups in total. The second-order valence-electron chi connectivity index (χ2n) is 5.60. The summed E-state index contributed by atoms with van der Waals surface area (Å²) >= 11 is 0. The van der Waals surface area contributed by atoms with Gasteiger partial charge in [0.05, 0.1) is 16.2 Å². The monoisotopic (exact) mass is 350 g/mol. The maximum absolute atomic E-state index is 11.0. The fourth-order valence-corrected chi connectivity index (χ4v) is 2.25. The van der Waals surface area contributed by atoms with Gasteiger partial charge in [-0.15, -0.1) is 5.11 Å². The summed E-state index contributed by atoms with van der Waals surface area (Å²) in [6.45, 7) is 4.73. The number of nitrogens with zero attached hydrogens (tertiary/aromatic N) is 4. The predicted molar refractivity (Wildman–Crippen MR) is 103 cm³/mol. The molecule has 6 heteroatoms. The molecule has 0 atom stereocenters. The van der Waals surface area contributed by atoms with E-state index in [-0.39, 0.29) is 5.69 Å². The lowest BCUT2D eigenvalue weighted by molar-refractivity contribution is -0.384. The third-order valence-corrected chi connectivity index (χ3v) is 3.68. The Morgan fingerprint density at radius 2 is 1.92 bits per heavy atom. The minimum absolute atomic E-state index is 0.000788. The van der Waals surface area contributed by atoms with Crippen LogP contribution in [0.25, 0.3) is 0 Å². The van der Waals surface area contributed by atoms with Crippen LogP contribution in [0.4, 0.5) is 17.1 Å². The Labute approximate surface area is 153 Å². The molecule has 0 amide bonds. The van der Waals surface area contributed by atoms with Crippen LogP contribution in [0, 0.1) is 22.0 Å². The minimum Gasteiger partial charge on any atom is -0.258 e. The SMILES string of the molecule is CCCCC#Cc1cc([N+](=O)[O-])ccc1N=NN(CC)c1ccccc1. The molecule has 2 rings (SSSR count). The smallest absolute Gasteiger partial charge is 0.258 e. The number of benzene rings is 2. The average molecular weight is 350 g/mol. The number of anilines is 1. The summed E-state index contributed by atoms with van der Waals surface area (Å²) in [6.07, 6.45) is 2.80. The second-order valence-corrected chi connectivity index (χ2v) is 5.60. The van der Waals surface area contributed by atoms with Crippen LogP contribution < -0.4 is 5.01 Å². The molecular formula is C20H22N4O2. The molecule has 0 saturated carbocycles. The van der Waals surface area contributed by atoms with Crippen LogP contribution >= 0.6 is 0 Å². The maximum atomic E-state index is 11.0. The average Bonchev–Trinajstić information content (AvgIpc) is 2.67. The molecule has 0 radical (unpaired) electrons. The van der Waals surface area contributed by atoms with Crippen LogP contribution in [-0.4, -0.2) is 11.5 Å². The first-order valence-corrected chi connectivity index (χ1v) is 8.67. The van der Waals surface area contributed by atoms with Crippen molar-refractivity contribution in [2.24, 2.45) is 10.3 Å². The van der Waals surface area contributed by atoms with Crippen LogP contribution in [-0.2, 0) is 0 Å². The van der Waals surface area contributed by atoms with Crippen LogP contribution in [0.5, 0.6) is 0 Å². The summed E-state index contributed by atoms with van der Waals surface area (Å²) in [5, 5.41) is 21.4. The molecule has 0 fully saturated rings. The zero-order valence-corrected chi connectivity index (χ0v) is 15.1. The van der Waals surface area contributed by atoms with E-state index < -0.39 is 4.92 Å². The highest BCUT2D eigenvalue weighted by Gasteiger charge is 2.10. The molecule has 6 nitrogen and oxygen atoms in total. The summed E-state index contributed by atoms with van der Waals surface area (Å²) < 4.78 is 0. The van der Waals surface area contributed by atoms with Gasteiger partial charge in [0.2, 0.25) is 0 Å². The summed E-state index contributed by atoms with van der Waals surface area (Å²) in [7, 11) is 0. The van der Waals surface area contributed by atoms with Gasteiger partial charge in [-0.3, -0.25) is 10.1 Å². The van der Waals surface area contributed by atoms with Gasteiger partial charge < -0.3 is 0 Å². The first-order chi connectivity index (χ1) is 12.7. The highest BCUT2D eigenvalue weighted by atomic mass is 16.6. The highest BCUT2D eigenvalue weighted by molar-refractivity contribution is 5.59. The lowest BCUT2D eigenvalue weighted by atomic mass is 10.1. The lowest BCUT2D eigenvalue weighted by Gasteiger charge is -2.14. The number of hydrogen-bond donors (Lipinski definition) is 0. The quantitative estimate of drug-likeness (QED) is 0.213. The molecular weight excluding hydrogens is 328 g/mol. The lowest BCUT2D eigenvalue weighted by Crippen LogP contribution is -2.13. The molecule has 0 aromatic heterocycles. The Hall–Kier alpha value is -3.20. The van der Waals surface area contributed by atoms with Crippen molar-refractivity contribution >= 4 is 17.1 Å². The summed E-state index contributed by atoms with van der Waals surface area (Å²) in [5.41, 5.74) is 1.97. The van der Waals surface area contributed by atoms with Crippen molar-refractivity contribution in [1.29, 1.82) is 0 Å². The van der Waals surface area contributed by atoms with E-state index in [9.17, 15) is 10.1 Å². The minimum atomic E-state index is -0.430. The highest BCUT2D eigenvalue weighted by Crippen LogP contribution is 2.25. The van der Waals surface area contributed by atoms with Crippen molar-refractivity contribution in [2.45, 2.75) is 33.1 Å².